The molecule has 18 heavy (non-hydrogen) atoms. The second-order valence-electron chi connectivity index (χ2n) is 4.90. The van der Waals surface area contributed by atoms with Crippen molar-refractivity contribution < 1.29 is 0 Å². The highest BCUT2D eigenvalue weighted by atomic mass is 32.1. The number of thiophene rings is 1. The van der Waals surface area contributed by atoms with E-state index >= 15 is 0 Å². The van der Waals surface area contributed by atoms with Crippen LogP contribution in [-0.4, -0.2) is 4.98 Å². The van der Waals surface area contributed by atoms with E-state index in [2.05, 4.69) is 29.4 Å². The summed E-state index contributed by atoms with van der Waals surface area (Å²) in [6, 6.07) is 6.86. The van der Waals surface area contributed by atoms with E-state index in [1.165, 1.54) is 29.7 Å². The maximum absolute atomic E-state index is 4.16. The Kier molecular flexibility index (Phi) is 3.43. The van der Waals surface area contributed by atoms with Crippen LogP contribution in [0.2, 0.25) is 0 Å². The number of nitrogens with zero attached hydrogens (tertiary/aromatic N) is 1. The lowest BCUT2D eigenvalue weighted by molar-refractivity contribution is 0.577. The molecule has 0 aliphatic heterocycles. The Morgan fingerprint density at radius 2 is 2.39 bits per heavy atom. The van der Waals surface area contributed by atoms with Gasteiger partial charge in [-0.2, -0.15) is 0 Å². The van der Waals surface area contributed by atoms with Gasteiger partial charge in [0.05, 0.1) is 0 Å². The zero-order chi connectivity index (χ0) is 12.4. The quantitative estimate of drug-likeness (QED) is 0.908. The van der Waals surface area contributed by atoms with Crippen LogP contribution in [-0.2, 0) is 19.4 Å². The maximum atomic E-state index is 4.16. The van der Waals surface area contributed by atoms with Crippen molar-refractivity contribution in [1.82, 2.24) is 10.3 Å². The Labute approximate surface area is 112 Å². The van der Waals surface area contributed by atoms with Crippen molar-refractivity contribution in [1.29, 1.82) is 0 Å². The molecule has 1 atom stereocenters. The first-order valence-corrected chi connectivity index (χ1v) is 7.38. The SMILES string of the molecule is CC(NCc1cc2c(s1)CCC2)c1cccnc1. The zero-order valence-corrected chi connectivity index (χ0v) is 11.5. The molecule has 1 unspecified atom stereocenters. The van der Waals surface area contributed by atoms with E-state index in [1.807, 2.05) is 29.8 Å². The van der Waals surface area contributed by atoms with Gasteiger partial charge in [-0.15, -0.1) is 11.3 Å². The summed E-state index contributed by atoms with van der Waals surface area (Å²) in [5.41, 5.74) is 2.84. The summed E-state index contributed by atoms with van der Waals surface area (Å²) in [5, 5.41) is 3.57. The summed E-state index contributed by atoms with van der Waals surface area (Å²) >= 11 is 1.98. The molecule has 1 aliphatic rings. The lowest BCUT2D eigenvalue weighted by Crippen LogP contribution is -2.17. The largest absolute Gasteiger partial charge is 0.305 e. The van der Waals surface area contributed by atoms with Crippen molar-refractivity contribution in [3.63, 3.8) is 0 Å². The molecule has 0 amide bonds. The fourth-order valence-electron chi connectivity index (χ4n) is 2.48. The van der Waals surface area contributed by atoms with E-state index < -0.39 is 0 Å². The van der Waals surface area contributed by atoms with Gasteiger partial charge in [-0.05, 0) is 49.4 Å². The summed E-state index contributed by atoms with van der Waals surface area (Å²) < 4.78 is 0. The van der Waals surface area contributed by atoms with Gasteiger partial charge in [-0.1, -0.05) is 6.07 Å². The van der Waals surface area contributed by atoms with Gasteiger partial charge in [-0.3, -0.25) is 4.98 Å². The minimum Gasteiger partial charge on any atom is -0.305 e. The maximum Gasteiger partial charge on any atom is 0.0315 e. The van der Waals surface area contributed by atoms with Gasteiger partial charge >= 0.3 is 0 Å². The number of pyridine rings is 1. The van der Waals surface area contributed by atoms with Gasteiger partial charge in [0, 0.05) is 34.7 Å². The van der Waals surface area contributed by atoms with Gasteiger partial charge < -0.3 is 5.32 Å². The van der Waals surface area contributed by atoms with Crippen molar-refractivity contribution in [3.8, 4) is 0 Å². The molecule has 1 aliphatic carbocycles. The molecule has 0 saturated heterocycles. The second-order valence-corrected chi connectivity index (χ2v) is 6.12. The molecule has 0 aromatic carbocycles. The number of aromatic nitrogens is 1. The number of aryl methyl sites for hydroxylation is 2. The summed E-state index contributed by atoms with van der Waals surface area (Å²) in [7, 11) is 0. The summed E-state index contributed by atoms with van der Waals surface area (Å²) in [6.07, 6.45) is 7.68. The van der Waals surface area contributed by atoms with Crippen LogP contribution in [0.15, 0.2) is 30.6 Å². The van der Waals surface area contributed by atoms with E-state index in [1.54, 1.807) is 10.4 Å². The van der Waals surface area contributed by atoms with Crippen LogP contribution in [0.1, 0.15) is 40.3 Å². The number of fused-ring (bicyclic) bond motifs is 1. The first kappa shape index (κ1) is 11.9. The van der Waals surface area contributed by atoms with Crippen LogP contribution < -0.4 is 5.32 Å². The number of rotatable bonds is 4. The third kappa shape index (κ3) is 2.47. The molecular formula is C15H18N2S. The fourth-order valence-corrected chi connectivity index (χ4v) is 3.69. The van der Waals surface area contributed by atoms with Crippen LogP contribution in [0.5, 0.6) is 0 Å². The highest BCUT2D eigenvalue weighted by molar-refractivity contribution is 7.12. The van der Waals surface area contributed by atoms with Gasteiger partial charge in [0.25, 0.3) is 0 Å². The number of nitrogens with one attached hydrogen (secondary N) is 1. The summed E-state index contributed by atoms with van der Waals surface area (Å²) in [4.78, 5) is 7.24. The van der Waals surface area contributed by atoms with Gasteiger partial charge in [0.1, 0.15) is 0 Å². The number of hydrogen-bond donors (Lipinski definition) is 1. The van der Waals surface area contributed by atoms with E-state index in [4.69, 9.17) is 0 Å². The first-order valence-electron chi connectivity index (χ1n) is 6.56. The van der Waals surface area contributed by atoms with Crippen LogP contribution >= 0.6 is 11.3 Å². The molecule has 0 radical (unpaired) electrons. The molecule has 1 N–H and O–H groups in total. The molecule has 0 saturated carbocycles. The van der Waals surface area contributed by atoms with E-state index in [9.17, 15) is 0 Å². The molecule has 0 spiro atoms. The fraction of sp³-hybridized carbons (Fsp3) is 0.400. The van der Waals surface area contributed by atoms with E-state index in [-0.39, 0.29) is 0 Å². The zero-order valence-electron chi connectivity index (χ0n) is 10.6. The Hall–Kier alpha value is -1.19. The first-order chi connectivity index (χ1) is 8.83. The lowest BCUT2D eigenvalue weighted by atomic mass is 10.1. The van der Waals surface area contributed by atoms with Gasteiger partial charge in [0.2, 0.25) is 0 Å². The lowest BCUT2D eigenvalue weighted by Gasteiger charge is -2.12. The minimum absolute atomic E-state index is 0.357. The van der Waals surface area contributed by atoms with Crippen molar-refractivity contribution >= 4 is 11.3 Å². The monoisotopic (exact) mass is 258 g/mol. The van der Waals surface area contributed by atoms with Crippen molar-refractivity contribution in [2.45, 2.75) is 38.8 Å². The Balaban J connectivity index is 1.60. The summed E-state index contributed by atoms with van der Waals surface area (Å²) in [5.74, 6) is 0. The van der Waals surface area contributed by atoms with Gasteiger partial charge in [0.15, 0.2) is 0 Å². The highest BCUT2D eigenvalue weighted by Crippen LogP contribution is 2.30. The van der Waals surface area contributed by atoms with Crippen molar-refractivity contribution in [2.75, 3.05) is 0 Å². The molecule has 0 fully saturated rings. The van der Waals surface area contributed by atoms with Crippen molar-refractivity contribution in [3.05, 3.63) is 51.5 Å². The number of hydrogen-bond acceptors (Lipinski definition) is 3. The standard InChI is InChI=1S/C15H18N2S/c1-11(13-5-3-7-16-9-13)17-10-14-8-12-4-2-6-15(12)18-14/h3,5,7-9,11,17H,2,4,6,10H2,1H3. The molecule has 2 heterocycles. The second kappa shape index (κ2) is 5.21. The third-order valence-corrected chi connectivity index (χ3v) is 4.80. The van der Waals surface area contributed by atoms with Crippen LogP contribution in [0.25, 0.3) is 0 Å². The molecule has 3 heteroatoms. The van der Waals surface area contributed by atoms with Crippen LogP contribution in [0.4, 0.5) is 0 Å². The molecule has 94 valence electrons. The predicted molar refractivity (Wildman–Crippen MR) is 75.8 cm³/mol. The highest BCUT2D eigenvalue weighted by Gasteiger charge is 2.15. The minimum atomic E-state index is 0.357. The Morgan fingerprint density at radius 1 is 1.44 bits per heavy atom. The van der Waals surface area contributed by atoms with Crippen LogP contribution in [0, 0.1) is 0 Å². The molecular weight excluding hydrogens is 240 g/mol. The molecule has 3 rings (SSSR count). The van der Waals surface area contributed by atoms with E-state index in [0.717, 1.165) is 6.54 Å². The predicted octanol–water partition coefficient (Wildman–Crippen LogP) is 3.48. The Bertz CT molecular complexity index is 497. The smallest absolute Gasteiger partial charge is 0.0315 e. The Morgan fingerprint density at radius 3 is 3.17 bits per heavy atom. The average molecular weight is 258 g/mol. The third-order valence-electron chi connectivity index (χ3n) is 3.56. The average Bonchev–Trinajstić information content (AvgIpc) is 2.97. The van der Waals surface area contributed by atoms with Crippen molar-refractivity contribution in [2.24, 2.45) is 0 Å². The molecule has 2 nitrogen and oxygen atoms in total. The molecule has 2 aromatic heterocycles. The normalized spacial score (nSPS) is 15.6. The van der Waals surface area contributed by atoms with Crippen LogP contribution in [0.3, 0.4) is 0 Å². The molecule has 0 bridgehead atoms. The summed E-state index contributed by atoms with van der Waals surface area (Å²) in [6.45, 7) is 3.16. The molecule has 2 aromatic rings. The topological polar surface area (TPSA) is 24.9 Å². The van der Waals surface area contributed by atoms with E-state index in [0.29, 0.717) is 6.04 Å². The van der Waals surface area contributed by atoms with Gasteiger partial charge in [-0.25, -0.2) is 0 Å².